The van der Waals surface area contributed by atoms with Gasteiger partial charge in [0.25, 0.3) is 0 Å². The van der Waals surface area contributed by atoms with Crippen LogP contribution in [0.5, 0.6) is 17.2 Å². The molecule has 0 amide bonds. The van der Waals surface area contributed by atoms with E-state index in [1.54, 1.807) is 6.08 Å². The first kappa shape index (κ1) is 16.4. The third-order valence-electron chi connectivity index (χ3n) is 3.95. The van der Waals surface area contributed by atoms with Crippen LogP contribution in [0.4, 0.5) is 5.69 Å². The second-order valence-corrected chi connectivity index (χ2v) is 5.66. The van der Waals surface area contributed by atoms with Crippen LogP contribution in [0.15, 0.2) is 55.1 Å². The van der Waals surface area contributed by atoms with E-state index in [-0.39, 0.29) is 6.29 Å². The number of hydrogen-bond donors (Lipinski definition) is 0. The summed E-state index contributed by atoms with van der Waals surface area (Å²) in [6.07, 6.45) is 1.53. The van der Waals surface area contributed by atoms with Gasteiger partial charge in [-0.3, -0.25) is 0 Å². The highest BCUT2D eigenvalue weighted by atomic mass is 16.7. The third-order valence-corrected chi connectivity index (χ3v) is 3.95. The number of ether oxygens (including phenoxy) is 3. The molecular weight excluding hydrogens is 300 g/mol. The van der Waals surface area contributed by atoms with Gasteiger partial charge in [0, 0.05) is 30.8 Å². The van der Waals surface area contributed by atoms with Gasteiger partial charge in [-0.15, -0.1) is 0 Å². The minimum Gasteiger partial charge on any atom is -0.489 e. The second kappa shape index (κ2) is 7.39. The lowest BCUT2D eigenvalue weighted by molar-refractivity contribution is 0.0679. The van der Waals surface area contributed by atoms with Crippen molar-refractivity contribution in [2.45, 2.75) is 19.8 Å². The number of nitrogens with zero attached hydrogens (tertiary/aromatic N) is 1. The van der Waals surface area contributed by atoms with E-state index < -0.39 is 0 Å². The van der Waals surface area contributed by atoms with Crippen molar-refractivity contribution < 1.29 is 14.2 Å². The Hall–Kier alpha value is -2.49. The van der Waals surface area contributed by atoms with E-state index in [9.17, 15) is 0 Å². The van der Waals surface area contributed by atoms with Crippen LogP contribution in [0.25, 0.3) is 0 Å². The van der Waals surface area contributed by atoms with Gasteiger partial charge in [-0.05, 0) is 18.2 Å². The maximum absolute atomic E-state index is 5.77. The lowest BCUT2D eigenvalue weighted by Gasteiger charge is -2.25. The molecule has 1 atom stereocenters. The third kappa shape index (κ3) is 3.53. The molecule has 0 aliphatic carbocycles. The van der Waals surface area contributed by atoms with E-state index in [4.69, 9.17) is 14.2 Å². The Morgan fingerprint density at radius 3 is 2.83 bits per heavy atom. The van der Waals surface area contributed by atoms with Crippen LogP contribution in [0.2, 0.25) is 0 Å². The minimum absolute atomic E-state index is 0.224. The lowest BCUT2D eigenvalue weighted by atomic mass is 9.64. The number of rotatable bonds is 7. The summed E-state index contributed by atoms with van der Waals surface area (Å²) in [5.41, 5.74) is 2.25. The fraction of sp³-hybridized carbons (Fsp3) is 0.222. The van der Waals surface area contributed by atoms with Gasteiger partial charge in [0.05, 0.1) is 7.74 Å². The normalized spacial score (nSPS) is 15.0. The molecule has 1 aliphatic heterocycles. The van der Waals surface area contributed by atoms with Crippen molar-refractivity contribution in [3.8, 4) is 17.2 Å². The van der Waals surface area contributed by atoms with Crippen LogP contribution < -0.4 is 19.0 Å². The Morgan fingerprint density at radius 1 is 1.25 bits per heavy atom. The van der Waals surface area contributed by atoms with Gasteiger partial charge in [0.15, 0.2) is 18.8 Å². The molecule has 0 saturated carbocycles. The molecule has 0 fully saturated rings. The zero-order valence-electron chi connectivity index (χ0n) is 14.2. The summed E-state index contributed by atoms with van der Waals surface area (Å²) in [5, 5.41) is 0. The van der Waals surface area contributed by atoms with Gasteiger partial charge in [0.1, 0.15) is 12.4 Å². The number of anilines is 1. The summed E-state index contributed by atoms with van der Waals surface area (Å²) >= 11 is 0. The summed E-state index contributed by atoms with van der Waals surface area (Å²) in [6, 6.07) is 14.2. The SMILES string of the molecule is BBN(Cc1ccccc1OCC=C)c1ccc2c(c1)OC(C)O2. The standard InChI is InChI=1S/C18H21B2NO3/c1-3-10-22-16-7-5-4-6-14(16)12-21(20-19)15-8-9-17-18(11-15)24-13(2)23-17/h3-9,11,13,20H,1,10,12,19H2,2H3. The number of benzene rings is 2. The van der Waals surface area contributed by atoms with Gasteiger partial charge in [-0.2, -0.15) is 0 Å². The number of para-hydroxylation sites is 1. The van der Waals surface area contributed by atoms with E-state index in [0.717, 1.165) is 42.3 Å². The van der Waals surface area contributed by atoms with Crippen LogP contribution in [0.3, 0.4) is 0 Å². The van der Waals surface area contributed by atoms with E-state index in [2.05, 4.69) is 31.3 Å². The Balaban J connectivity index is 1.81. The zero-order chi connectivity index (χ0) is 16.9. The summed E-state index contributed by atoms with van der Waals surface area (Å²) in [7, 11) is 3.02. The van der Waals surface area contributed by atoms with Crippen molar-refractivity contribution in [2.24, 2.45) is 0 Å². The van der Waals surface area contributed by atoms with Crippen LogP contribution in [-0.2, 0) is 6.54 Å². The predicted octanol–water partition coefficient (Wildman–Crippen LogP) is 2.27. The molecule has 4 nitrogen and oxygen atoms in total. The van der Waals surface area contributed by atoms with Crippen molar-refractivity contribution in [3.05, 3.63) is 60.7 Å². The fourth-order valence-electron chi connectivity index (χ4n) is 2.78. The molecule has 0 bridgehead atoms. The van der Waals surface area contributed by atoms with E-state index >= 15 is 0 Å². The minimum atomic E-state index is -0.224. The molecule has 1 unspecified atom stereocenters. The largest absolute Gasteiger partial charge is 0.489 e. The van der Waals surface area contributed by atoms with Crippen molar-refractivity contribution in [1.82, 2.24) is 0 Å². The molecule has 0 radical (unpaired) electrons. The van der Waals surface area contributed by atoms with Crippen molar-refractivity contribution >= 4 is 20.7 Å². The van der Waals surface area contributed by atoms with Gasteiger partial charge in [-0.1, -0.05) is 30.9 Å². The lowest BCUT2D eigenvalue weighted by Crippen LogP contribution is -2.27. The van der Waals surface area contributed by atoms with Crippen LogP contribution >= 0.6 is 0 Å². The van der Waals surface area contributed by atoms with E-state index in [0.29, 0.717) is 6.61 Å². The maximum Gasteiger partial charge on any atom is 0.238 e. The average Bonchev–Trinajstić information content (AvgIpc) is 2.97. The average molecular weight is 321 g/mol. The summed E-state index contributed by atoms with van der Waals surface area (Å²) in [4.78, 5) is 2.28. The molecule has 0 saturated heterocycles. The second-order valence-electron chi connectivity index (χ2n) is 5.66. The summed E-state index contributed by atoms with van der Waals surface area (Å²) < 4.78 is 17.0. The van der Waals surface area contributed by atoms with Crippen molar-refractivity contribution in [3.63, 3.8) is 0 Å². The monoisotopic (exact) mass is 321 g/mol. The maximum atomic E-state index is 5.77. The molecule has 2 aromatic rings. The van der Waals surface area contributed by atoms with E-state index in [1.807, 2.05) is 37.3 Å². The fourth-order valence-corrected chi connectivity index (χ4v) is 2.78. The first-order chi connectivity index (χ1) is 11.7. The highest BCUT2D eigenvalue weighted by Gasteiger charge is 2.21. The predicted molar refractivity (Wildman–Crippen MR) is 101 cm³/mol. The molecule has 122 valence electrons. The van der Waals surface area contributed by atoms with Crippen LogP contribution in [-0.4, -0.2) is 27.9 Å². The van der Waals surface area contributed by atoms with Gasteiger partial charge < -0.3 is 19.0 Å². The van der Waals surface area contributed by atoms with Gasteiger partial charge in [-0.25, -0.2) is 0 Å². The summed E-state index contributed by atoms with van der Waals surface area (Å²) in [5.74, 6) is 2.50. The molecule has 6 heteroatoms. The smallest absolute Gasteiger partial charge is 0.238 e. The van der Waals surface area contributed by atoms with E-state index in [1.165, 1.54) is 0 Å². The van der Waals surface area contributed by atoms with Gasteiger partial charge in [0.2, 0.25) is 6.29 Å². The molecule has 0 aromatic heterocycles. The first-order valence-electron chi connectivity index (χ1n) is 8.25. The Kier molecular flexibility index (Phi) is 5.04. The molecular formula is C18H21B2NO3. The molecule has 24 heavy (non-hydrogen) atoms. The topological polar surface area (TPSA) is 30.9 Å². The highest BCUT2D eigenvalue weighted by Crippen LogP contribution is 2.38. The van der Waals surface area contributed by atoms with Crippen molar-refractivity contribution in [2.75, 3.05) is 11.4 Å². The first-order valence-corrected chi connectivity index (χ1v) is 8.25. The molecule has 3 rings (SSSR count). The molecule has 1 aliphatic rings. The Labute approximate surface area is 144 Å². The molecule has 0 spiro atoms. The zero-order valence-corrected chi connectivity index (χ0v) is 14.2. The Morgan fingerprint density at radius 2 is 2.04 bits per heavy atom. The van der Waals surface area contributed by atoms with Crippen molar-refractivity contribution in [1.29, 1.82) is 0 Å². The van der Waals surface area contributed by atoms with Crippen LogP contribution in [0, 0.1) is 0 Å². The quantitative estimate of drug-likeness (QED) is 0.578. The molecule has 1 heterocycles. The molecule has 2 aromatic carbocycles. The Bertz CT molecular complexity index is 723. The highest BCUT2D eigenvalue weighted by molar-refractivity contribution is 6.91. The molecule has 0 N–H and O–H groups in total. The number of fused-ring (bicyclic) bond motifs is 1. The number of hydrogen-bond acceptors (Lipinski definition) is 4. The summed E-state index contributed by atoms with van der Waals surface area (Å²) in [6.45, 7) is 6.87. The van der Waals surface area contributed by atoms with Gasteiger partial charge >= 0.3 is 0 Å². The van der Waals surface area contributed by atoms with Crippen LogP contribution in [0.1, 0.15) is 12.5 Å².